The minimum atomic E-state index is -0.284. The zero-order valence-corrected chi connectivity index (χ0v) is 12.9. The van der Waals surface area contributed by atoms with Gasteiger partial charge in [0.1, 0.15) is 0 Å². The summed E-state index contributed by atoms with van der Waals surface area (Å²) in [4.78, 5) is 4.57. The molecule has 1 atom stereocenters. The highest BCUT2D eigenvalue weighted by molar-refractivity contribution is 6.60. The van der Waals surface area contributed by atoms with Gasteiger partial charge in [0.25, 0.3) is 0 Å². The summed E-state index contributed by atoms with van der Waals surface area (Å²) in [5.41, 5.74) is 0.500. The summed E-state index contributed by atoms with van der Waals surface area (Å²) < 4.78 is 17.3. The zero-order chi connectivity index (χ0) is 14.4. The zero-order valence-electron chi connectivity index (χ0n) is 12.9. The number of aliphatic imine (C=N–C) groups is 1. The number of ether oxygens (including phenoxy) is 1. The van der Waals surface area contributed by atoms with E-state index in [2.05, 4.69) is 38.8 Å². The summed E-state index contributed by atoms with van der Waals surface area (Å²) in [5, 5.41) is 0. The van der Waals surface area contributed by atoms with E-state index in [0.717, 1.165) is 31.0 Å². The average molecular weight is 277 g/mol. The number of hydrogen-bond donors (Lipinski definition) is 0. The van der Waals surface area contributed by atoms with Crippen molar-refractivity contribution in [3.8, 4) is 0 Å². The molecule has 0 aromatic carbocycles. The van der Waals surface area contributed by atoms with Gasteiger partial charge in [-0.3, -0.25) is 4.99 Å². The molecule has 4 nitrogen and oxygen atoms in total. The van der Waals surface area contributed by atoms with E-state index in [1.165, 1.54) is 6.42 Å². The van der Waals surface area contributed by atoms with Crippen molar-refractivity contribution in [3.63, 3.8) is 0 Å². The Hall–Kier alpha value is -0.645. The topological polar surface area (TPSA) is 40.0 Å². The van der Waals surface area contributed by atoms with E-state index in [4.69, 9.17) is 14.0 Å². The van der Waals surface area contributed by atoms with Gasteiger partial charge in [0.2, 0.25) is 0 Å². The smallest absolute Gasteiger partial charge is 0.399 e. The second kappa shape index (κ2) is 4.97. The molecule has 3 heterocycles. The third-order valence-corrected chi connectivity index (χ3v) is 4.90. The number of rotatable bonds is 4. The lowest BCUT2D eigenvalue weighted by atomic mass is 9.78. The molecular formula is C15H24BNO3. The van der Waals surface area contributed by atoms with Crippen molar-refractivity contribution in [2.75, 3.05) is 13.2 Å². The van der Waals surface area contributed by atoms with Crippen molar-refractivity contribution in [1.29, 1.82) is 0 Å². The van der Waals surface area contributed by atoms with Crippen LogP contribution in [0.1, 0.15) is 40.5 Å². The SMILES string of the molecule is CC1(C)OB(C2=CC(CCC3COC3)N=C2)OC1(C)C. The van der Waals surface area contributed by atoms with Crippen molar-refractivity contribution < 1.29 is 14.0 Å². The highest BCUT2D eigenvalue weighted by Gasteiger charge is 2.52. The molecular weight excluding hydrogens is 253 g/mol. The first-order valence-corrected chi connectivity index (χ1v) is 7.56. The van der Waals surface area contributed by atoms with Crippen LogP contribution < -0.4 is 0 Å². The summed E-state index contributed by atoms with van der Waals surface area (Å²) in [6, 6.07) is 0.282. The summed E-state index contributed by atoms with van der Waals surface area (Å²) in [5.74, 6) is 0.736. The molecule has 3 aliphatic heterocycles. The lowest BCUT2D eigenvalue weighted by Crippen LogP contribution is -2.41. The average Bonchev–Trinajstić information content (AvgIpc) is 2.81. The van der Waals surface area contributed by atoms with Gasteiger partial charge < -0.3 is 14.0 Å². The summed E-state index contributed by atoms with van der Waals surface area (Å²) in [7, 11) is -0.277. The molecule has 1 unspecified atom stereocenters. The van der Waals surface area contributed by atoms with Gasteiger partial charge in [-0.15, -0.1) is 0 Å². The van der Waals surface area contributed by atoms with Crippen LogP contribution in [0.3, 0.4) is 0 Å². The number of allylic oxidation sites excluding steroid dienone is 1. The quantitative estimate of drug-likeness (QED) is 0.741. The molecule has 20 heavy (non-hydrogen) atoms. The molecule has 110 valence electrons. The third kappa shape index (κ3) is 2.59. The van der Waals surface area contributed by atoms with Gasteiger partial charge >= 0.3 is 7.12 Å². The van der Waals surface area contributed by atoms with Crippen molar-refractivity contribution in [2.45, 2.75) is 57.8 Å². The molecule has 0 N–H and O–H groups in total. The Morgan fingerprint density at radius 3 is 2.35 bits per heavy atom. The van der Waals surface area contributed by atoms with Gasteiger partial charge in [0, 0.05) is 12.1 Å². The van der Waals surface area contributed by atoms with E-state index < -0.39 is 0 Å². The molecule has 0 aromatic rings. The van der Waals surface area contributed by atoms with E-state index >= 15 is 0 Å². The van der Waals surface area contributed by atoms with Gasteiger partial charge in [0.05, 0.1) is 30.5 Å². The summed E-state index contributed by atoms with van der Waals surface area (Å²) in [6.45, 7) is 10.2. The van der Waals surface area contributed by atoms with Crippen LogP contribution in [-0.2, 0) is 14.0 Å². The van der Waals surface area contributed by atoms with Gasteiger partial charge in [-0.05, 0) is 46.0 Å². The molecule has 0 amide bonds. The highest BCUT2D eigenvalue weighted by Crippen LogP contribution is 2.39. The molecule has 3 aliphatic rings. The highest BCUT2D eigenvalue weighted by atomic mass is 16.7. The van der Waals surface area contributed by atoms with E-state index in [9.17, 15) is 0 Å². The lowest BCUT2D eigenvalue weighted by Gasteiger charge is -2.32. The van der Waals surface area contributed by atoms with Gasteiger partial charge in [0.15, 0.2) is 0 Å². The first-order valence-electron chi connectivity index (χ1n) is 7.56. The van der Waals surface area contributed by atoms with E-state index in [0.29, 0.717) is 0 Å². The molecule has 0 radical (unpaired) electrons. The van der Waals surface area contributed by atoms with Crippen LogP contribution in [0.25, 0.3) is 0 Å². The Balaban J connectivity index is 1.57. The Bertz CT molecular complexity index is 424. The Morgan fingerprint density at radius 1 is 1.15 bits per heavy atom. The minimum Gasteiger partial charge on any atom is -0.399 e. The summed E-state index contributed by atoms with van der Waals surface area (Å²) >= 11 is 0. The minimum absolute atomic E-state index is 0.277. The molecule has 0 aromatic heterocycles. The fraction of sp³-hybridized carbons (Fsp3) is 0.800. The van der Waals surface area contributed by atoms with Crippen LogP contribution in [0.5, 0.6) is 0 Å². The van der Waals surface area contributed by atoms with Crippen LogP contribution in [0.15, 0.2) is 16.5 Å². The predicted molar refractivity (Wildman–Crippen MR) is 80.0 cm³/mol. The first-order chi connectivity index (χ1) is 9.37. The maximum absolute atomic E-state index is 6.05. The van der Waals surface area contributed by atoms with Crippen LogP contribution in [0.4, 0.5) is 0 Å². The number of hydrogen-bond acceptors (Lipinski definition) is 4. The second-order valence-electron chi connectivity index (χ2n) is 7.08. The molecule has 0 spiro atoms. The molecule has 0 bridgehead atoms. The van der Waals surface area contributed by atoms with Crippen LogP contribution in [0, 0.1) is 5.92 Å². The Labute approximate surface area is 121 Å². The predicted octanol–water partition coefficient (Wildman–Crippen LogP) is 2.42. The largest absolute Gasteiger partial charge is 0.496 e. The molecule has 0 aliphatic carbocycles. The first kappa shape index (κ1) is 14.3. The van der Waals surface area contributed by atoms with Crippen LogP contribution in [-0.4, -0.2) is 43.8 Å². The summed E-state index contributed by atoms with van der Waals surface area (Å²) in [6.07, 6.45) is 6.40. The maximum Gasteiger partial charge on any atom is 0.496 e. The van der Waals surface area contributed by atoms with E-state index in [1.54, 1.807) is 0 Å². The maximum atomic E-state index is 6.05. The monoisotopic (exact) mass is 277 g/mol. The van der Waals surface area contributed by atoms with Crippen molar-refractivity contribution in [2.24, 2.45) is 10.9 Å². The molecule has 0 saturated carbocycles. The van der Waals surface area contributed by atoms with Crippen molar-refractivity contribution in [3.05, 3.63) is 11.5 Å². The van der Waals surface area contributed by atoms with Crippen LogP contribution in [0.2, 0.25) is 0 Å². The molecule has 5 heteroatoms. The van der Waals surface area contributed by atoms with Gasteiger partial charge in [-0.25, -0.2) is 0 Å². The number of nitrogens with zero attached hydrogens (tertiary/aromatic N) is 1. The normalized spacial score (nSPS) is 31.5. The fourth-order valence-corrected chi connectivity index (χ4v) is 2.62. The Kier molecular flexibility index (Phi) is 3.55. The third-order valence-electron chi connectivity index (χ3n) is 4.90. The molecule has 2 fully saturated rings. The molecule has 3 rings (SSSR count). The Morgan fingerprint density at radius 2 is 1.80 bits per heavy atom. The lowest BCUT2D eigenvalue weighted by molar-refractivity contribution is -0.0364. The van der Waals surface area contributed by atoms with Gasteiger partial charge in [-0.2, -0.15) is 0 Å². The van der Waals surface area contributed by atoms with Crippen LogP contribution >= 0.6 is 0 Å². The second-order valence-corrected chi connectivity index (χ2v) is 7.08. The van der Waals surface area contributed by atoms with Crippen molar-refractivity contribution in [1.82, 2.24) is 0 Å². The fourth-order valence-electron chi connectivity index (χ4n) is 2.62. The van der Waals surface area contributed by atoms with E-state index in [-0.39, 0.29) is 24.4 Å². The van der Waals surface area contributed by atoms with E-state index in [1.807, 2.05) is 6.21 Å². The van der Waals surface area contributed by atoms with Gasteiger partial charge in [-0.1, -0.05) is 6.08 Å². The molecule has 2 saturated heterocycles. The standard InChI is InChI=1S/C15H24BNO3/c1-14(2)15(3,4)20-16(19-14)12-7-13(17-8-12)6-5-11-9-18-10-11/h7-8,11,13H,5-6,9-10H2,1-4H3. The van der Waals surface area contributed by atoms with Crippen molar-refractivity contribution >= 4 is 13.3 Å².